The van der Waals surface area contributed by atoms with E-state index >= 15 is 0 Å². The van der Waals surface area contributed by atoms with Crippen LogP contribution in [0.25, 0.3) is 11.1 Å². The van der Waals surface area contributed by atoms with E-state index in [4.69, 9.17) is 10.3 Å². The highest BCUT2D eigenvalue weighted by molar-refractivity contribution is 6.05. The van der Waals surface area contributed by atoms with E-state index in [1.54, 1.807) is 19.9 Å². The molecule has 0 saturated carbocycles. The Bertz CT molecular complexity index is 649. The maximum atomic E-state index is 12.0. The minimum absolute atomic E-state index is 0.276. The summed E-state index contributed by atoms with van der Waals surface area (Å²) in [6.45, 7) is 3.02. The van der Waals surface area contributed by atoms with Crippen molar-refractivity contribution in [1.29, 1.82) is 0 Å². The SMILES string of the molecule is Cc1cc(C(=O)NOCC(N)=O)c2c(C)noc2n1. The summed E-state index contributed by atoms with van der Waals surface area (Å²) >= 11 is 0. The summed E-state index contributed by atoms with van der Waals surface area (Å²) in [5.74, 6) is -1.21. The van der Waals surface area contributed by atoms with Gasteiger partial charge in [0.05, 0.1) is 16.6 Å². The van der Waals surface area contributed by atoms with E-state index in [0.717, 1.165) is 0 Å². The molecule has 0 saturated heterocycles. The molecule has 0 unspecified atom stereocenters. The number of nitrogens with one attached hydrogen (secondary N) is 1. The Morgan fingerprint density at radius 3 is 2.89 bits per heavy atom. The highest BCUT2D eigenvalue weighted by atomic mass is 16.7. The lowest BCUT2D eigenvalue weighted by Gasteiger charge is -2.05. The van der Waals surface area contributed by atoms with E-state index in [-0.39, 0.29) is 5.71 Å². The fourth-order valence-corrected chi connectivity index (χ4v) is 1.62. The number of fused-ring (bicyclic) bond motifs is 1. The number of nitrogens with two attached hydrogens (primary N) is 1. The number of amides is 2. The number of hydroxylamine groups is 1. The quantitative estimate of drug-likeness (QED) is 0.749. The second-order valence-corrected chi connectivity index (χ2v) is 3.95. The first-order chi connectivity index (χ1) is 8.99. The zero-order valence-electron chi connectivity index (χ0n) is 10.4. The molecule has 0 radical (unpaired) electrons. The van der Waals surface area contributed by atoms with Gasteiger partial charge in [-0.15, -0.1) is 0 Å². The van der Waals surface area contributed by atoms with Gasteiger partial charge in [-0.05, 0) is 19.9 Å². The van der Waals surface area contributed by atoms with Gasteiger partial charge < -0.3 is 10.3 Å². The molecule has 3 N–H and O–H groups in total. The Morgan fingerprint density at radius 1 is 1.47 bits per heavy atom. The van der Waals surface area contributed by atoms with Crippen molar-refractivity contribution in [2.24, 2.45) is 5.73 Å². The number of aromatic nitrogens is 2. The third-order valence-electron chi connectivity index (χ3n) is 2.37. The van der Waals surface area contributed by atoms with Crippen LogP contribution in [0.15, 0.2) is 10.6 Å². The van der Waals surface area contributed by atoms with Crippen molar-refractivity contribution in [3.63, 3.8) is 0 Å². The summed E-state index contributed by atoms with van der Waals surface area (Å²) in [5, 5.41) is 4.26. The monoisotopic (exact) mass is 264 g/mol. The third kappa shape index (κ3) is 2.68. The van der Waals surface area contributed by atoms with Crippen molar-refractivity contribution in [2.75, 3.05) is 6.61 Å². The molecule has 0 aromatic carbocycles. The molecule has 2 heterocycles. The topological polar surface area (TPSA) is 120 Å². The number of aryl methyl sites for hydroxylation is 2. The van der Waals surface area contributed by atoms with E-state index in [2.05, 4.69) is 20.5 Å². The summed E-state index contributed by atoms with van der Waals surface area (Å²) in [5.41, 5.74) is 8.75. The molecule has 0 bridgehead atoms. The van der Waals surface area contributed by atoms with Gasteiger partial charge in [0.15, 0.2) is 6.61 Å². The molecule has 8 nitrogen and oxygen atoms in total. The Labute approximate surface area is 107 Å². The lowest BCUT2D eigenvalue weighted by Crippen LogP contribution is -2.29. The number of primary amides is 1. The second-order valence-electron chi connectivity index (χ2n) is 3.95. The van der Waals surface area contributed by atoms with Crippen LogP contribution >= 0.6 is 0 Å². The standard InChI is InChI=1S/C11H12N4O4/c1-5-3-7(10(17)15-18-4-8(12)16)9-6(2)14-19-11(9)13-5/h3H,4H2,1-2H3,(H2,12,16)(H,15,17). The fourth-order valence-electron chi connectivity index (χ4n) is 1.62. The number of hydrogen-bond acceptors (Lipinski definition) is 6. The van der Waals surface area contributed by atoms with Crippen molar-refractivity contribution in [3.8, 4) is 0 Å². The van der Waals surface area contributed by atoms with Gasteiger partial charge in [0.1, 0.15) is 0 Å². The van der Waals surface area contributed by atoms with Crippen LogP contribution < -0.4 is 11.2 Å². The predicted molar refractivity (Wildman–Crippen MR) is 63.9 cm³/mol. The van der Waals surface area contributed by atoms with Crippen LogP contribution in [0.4, 0.5) is 0 Å². The van der Waals surface area contributed by atoms with Gasteiger partial charge in [-0.2, -0.15) is 0 Å². The second kappa shape index (κ2) is 5.02. The van der Waals surface area contributed by atoms with Gasteiger partial charge in [0.2, 0.25) is 5.91 Å². The van der Waals surface area contributed by atoms with E-state index < -0.39 is 18.4 Å². The summed E-state index contributed by atoms with van der Waals surface area (Å²) in [4.78, 5) is 31.3. The van der Waals surface area contributed by atoms with Crippen LogP contribution in [0.1, 0.15) is 21.7 Å². The maximum Gasteiger partial charge on any atom is 0.275 e. The zero-order valence-corrected chi connectivity index (χ0v) is 10.4. The van der Waals surface area contributed by atoms with E-state index in [9.17, 15) is 9.59 Å². The van der Waals surface area contributed by atoms with Crippen LogP contribution in [0.2, 0.25) is 0 Å². The molecule has 0 atom stereocenters. The van der Waals surface area contributed by atoms with E-state index in [1.807, 2.05) is 0 Å². The summed E-state index contributed by atoms with van der Waals surface area (Å²) in [6.07, 6.45) is 0. The first-order valence-electron chi connectivity index (χ1n) is 5.43. The number of nitrogens with zero attached hydrogens (tertiary/aromatic N) is 2. The van der Waals surface area contributed by atoms with Crippen molar-refractivity contribution in [3.05, 3.63) is 23.0 Å². The molecule has 0 spiro atoms. The molecule has 100 valence electrons. The molecule has 0 aliphatic heterocycles. The highest BCUT2D eigenvalue weighted by Crippen LogP contribution is 2.21. The molecule has 2 aromatic rings. The molecular formula is C11H12N4O4. The molecule has 2 aromatic heterocycles. The van der Waals surface area contributed by atoms with Gasteiger partial charge in [0, 0.05) is 5.69 Å². The Hall–Kier alpha value is -2.48. The minimum atomic E-state index is -0.683. The molecule has 0 aliphatic rings. The number of rotatable bonds is 4. The fraction of sp³-hybridized carbons (Fsp3) is 0.273. The van der Waals surface area contributed by atoms with Gasteiger partial charge in [-0.1, -0.05) is 5.16 Å². The number of carbonyl (C=O) groups excluding carboxylic acids is 2. The highest BCUT2D eigenvalue weighted by Gasteiger charge is 2.17. The Morgan fingerprint density at radius 2 is 2.21 bits per heavy atom. The molecular weight excluding hydrogens is 252 g/mol. The van der Waals surface area contributed by atoms with Crippen molar-refractivity contribution >= 4 is 22.9 Å². The molecule has 2 amide bonds. The van der Waals surface area contributed by atoms with Crippen molar-refractivity contribution < 1.29 is 18.9 Å². The van der Waals surface area contributed by atoms with Crippen LogP contribution in [0.3, 0.4) is 0 Å². The summed E-state index contributed by atoms with van der Waals surface area (Å²) in [7, 11) is 0. The average molecular weight is 264 g/mol. The number of carbonyl (C=O) groups is 2. The molecule has 8 heteroatoms. The maximum absolute atomic E-state index is 12.0. The molecule has 19 heavy (non-hydrogen) atoms. The molecule has 0 aliphatic carbocycles. The average Bonchev–Trinajstić information content (AvgIpc) is 2.69. The predicted octanol–water partition coefficient (Wildman–Crippen LogP) is -0.0137. The lowest BCUT2D eigenvalue weighted by atomic mass is 10.1. The number of hydrogen-bond donors (Lipinski definition) is 2. The lowest BCUT2D eigenvalue weighted by molar-refractivity contribution is -0.124. The van der Waals surface area contributed by atoms with E-state index in [0.29, 0.717) is 22.3 Å². The van der Waals surface area contributed by atoms with Gasteiger partial charge in [-0.25, -0.2) is 10.5 Å². The first kappa shape index (κ1) is 13.0. The molecule has 2 rings (SSSR count). The third-order valence-corrected chi connectivity index (χ3v) is 2.37. The minimum Gasteiger partial charge on any atom is -0.368 e. The van der Waals surface area contributed by atoms with Gasteiger partial charge >= 0.3 is 0 Å². The summed E-state index contributed by atoms with van der Waals surface area (Å²) < 4.78 is 5.01. The van der Waals surface area contributed by atoms with Gasteiger partial charge in [-0.3, -0.25) is 14.4 Å². The van der Waals surface area contributed by atoms with Crippen LogP contribution in [-0.2, 0) is 9.63 Å². The van der Waals surface area contributed by atoms with E-state index in [1.165, 1.54) is 0 Å². The van der Waals surface area contributed by atoms with Crippen LogP contribution in [-0.4, -0.2) is 28.6 Å². The van der Waals surface area contributed by atoms with Crippen molar-refractivity contribution in [2.45, 2.75) is 13.8 Å². The first-order valence-corrected chi connectivity index (χ1v) is 5.43. The molecule has 0 fully saturated rings. The Balaban J connectivity index is 2.30. The largest absolute Gasteiger partial charge is 0.368 e. The van der Waals surface area contributed by atoms with Gasteiger partial charge in [0.25, 0.3) is 11.6 Å². The Kier molecular flexibility index (Phi) is 3.43. The van der Waals surface area contributed by atoms with Crippen molar-refractivity contribution in [1.82, 2.24) is 15.6 Å². The smallest absolute Gasteiger partial charge is 0.275 e. The zero-order chi connectivity index (χ0) is 14.0. The van der Waals surface area contributed by atoms with Crippen LogP contribution in [0, 0.1) is 13.8 Å². The summed E-state index contributed by atoms with van der Waals surface area (Å²) in [6, 6.07) is 1.58. The number of pyridine rings is 1. The normalized spacial score (nSPS) is 10.6. The van der Waals surface area contributed by atoms with Crippen LogP contribution in [0.5, 0.6) is 0 Å².